The van der Waals surface area contributed by atoms with Crippen molar-refractivity contribution >= 4 is 0 Å². The first kappa shape index (κ1) is 109. The largest absolute Gasteiger partial charge is 0.412 e. The van der Waals surface area contributed by atoms with E-state index < -0.39 is 0 Å². The average molecular weight is 422 g/mol. The Hall–Kier alpha value is 1.26. The van der Waals surface area contributed by atoms with Gasteiger partial charge in [-0.15, -0.1) is 0 Å². The molecule has 0 radical (unpaired) electrons. The summed E-state index contributed by atoms with van der Waals surface area (Å²) in [4.78, 5) is 0. The predicted octanol–water partition coefficient (Wildman–Crippen LogP) is -2.48. The van der Waals surface area contributed by atoms with Gasteiger partial charge < -0.3 is 16.4 Å². The van der Waals surface area contributed by atoms with Crippen LogP contribution in [0.3, 0.4) is 0 Å². The third-order valence-corrected chi connectivity index (χ3v) is 0. The van der Waals surface area contributed by atoms with Gasteiger partial charge in [-0.1, -0.05) is 0 Å². The van der Waals surface area contributed by atoms with E-state index in [1.54, 1.807) is 0 Å². The van der Waals surface area contributed by atoms with Crippen LogP contribution in [0, 0.1) is 0 Å². The molecular weight excluding hydrogens is 416 g/mol. The Morgan fingerprint density at radius 2 is 0.400 bits per heavy atom. The monoisotopic (exact) mass is 422 g/mol. The van der Waals surface area contributed by atoms with Gasteiger partial charge in [0.05, 0.1) is 0 Å². The summed E-state index contributed by atoms with van der Waals surface area (Å²) in [7, 11) is 0. The minimum Gasteiger partial charge on any atom is -0.412 e. The molecule has 3 nitrogen and oxygen atoms in total. The van der Waals surface area contributed by atoms with Crippen LogP contribution in [0.2, 0.25) is 0 Å². The molecule has 0 aliphatic carbocycles. The number of hydrogen-bond acceptors (Lipinski definition) is 0. The van der Waals surface area contributed by atoms with E-state index in [-0.39, 0.29) is 58.6 Å². The Morgan fingerprint density at radius 1 is 0.400 bits per heavy atom. The Balaban J connectivity index is 0. The van der Waals surface area contributed by atoms with Crippen LogP contribution in [0.4, 0.5) is 0 Å². The standard InChI is InChI=1S/3H2O.2W/h3*1H2;;. The first-order valence-corrected chi connectivity index (χ1v) is 0. The second-order valence-corrected chi connectivity index (χ2v) is 0. The Kier molecular flexibility index (Phi) is 1320. The Morgan fingerprint density at radius 3 is 0.400 bits per heavy atom. The van der Waals surface area contributed by atoms with Crippen LogP contribution >= 0.6 is 0 Å². The summed E-state index contributed by atoms with van der Waals surface area (Å²) < 4.78 is 0. The van der Waals surface area contributed by atoms with Crippen molar-refractivity contribution in [1.82, 2.24) is 0 Å². The summed E-state index contributed by atoms with van der Waals surface area (Å²) >= 11 is 0. The fourth-order valence-electron chi connectivity index (χ4n) is 0. The molecule has 0 saturated heterocycles. The molecule has 0 fully saturated rings. The molecule has 0 heterocycles. The van der Waals surface area contributed by atoms with Crippen LogP contribution in [0.25, 0.3) is 0 Å². The van der Waals surface area contributed by atoms with Crippen molar-refractivity contribution in [2.24, 2.45) is 0 Å². The molecule has 0 spiro atoms. The summed E-state index contributed by atoms with van der Waals surface area (Å²) in [5.41, 5.74) is 0. The van der Waals surface area contributed by atoms with Gasteiger partial charge in [-0.05, 0) is 0 Å². The van der Waals surface area contributed by atoms with Crippen molar-refractivity contribution in [2.45, 2.75) is 0 Å². The summed E-state index contributed by atoms with van der Waals surface area (Å²) in [6.45, 7) is 0. The predicted molar refractivity (Wildman–Crippen MR) is 10.8 cm³/mol. The SMILES string of the molecule is O.O.O.[W].[W]. The minimum atomic E-state index is 0. The molecule has 36 valence electrons. The molecule has 0 rings (SSSR count). The van der Waals surface area contributed by atoms with Crippen molar-refractivity contribution in [1.29, 1.82) is 0 Å². The van der Waals surface area contributed by atoms with Crippen molar-refractivity contribution in [2.75, 3.05) is 0 Å². The third-order valence-electron chi connectivity index (χ3n) is 0. The van der Waals surface area contributed by atoms with Gasteiger partial charge in [0, 0.05) is 42.1 Å². The maximum Gasteiger partial charge on any atom is 0 e. The fraction of sp³-hybridized carbons (Fsp3) is 0. The molecule has 0 bridgehead atoms. The second kappa shape index (κ2) is 60.3. The topological polar surface area (TPSA) is 94.5 Å². The van der Waals surface area contributed by atoms with Crippen molar-refractivity contribution in [3.8, 4) is 0 Å². The van der Waals surface area contributed by atoms with E-state index in [2.05, 4.69) is 0 Å². The molecule has 0 aromatic heterocycles. The van der Waals surface area contributed by atoms with Crippen molar-refractivity contribution in [3.05, 3.63) is 0 Å². The molecule has 0 aromatic carbocycles. The van der Waals surface area contributed by atoms with Gasteiger partial charge in [0.2, 0.25) is 0 Å². The third kappa shape index (κ3) is 35.3. The molecule has 0 unspecified atom stereocenters. The van der Waals surface area contributed by atoms with Gasteiger partial charge in [0.1, 0.15) is 0 Å². The van der Waals surface area contributed by atoms with E-state index in [0.29, 0.717) is 0 Å². The van der Waals surface area contributed by atoms with E-state index in [1.165, 1.54) is 0 Å². The zero-order valence-electron chi connectivity index (χ0n) is 2.32. The van der Waals surface area contributed by atoms with Crippen LogP contribution in [0.5, 0.6) is 0 Å². The van der Waals surface area contributed by atoms with Gasteiger partial charge in [-0.3, -0.25) is 0 Å². The minimum absolute atomic E-state index is 0. The van der Waals surface area contributed by atoms with Gasteiger partial charge >= 0.3 is 0 Å². The van der Waals surface area contributed by atoms with Gasteiger partial charge in [0.15, 0.2) is 0 Å². The summed E-state index contributed by atoms with van der Waals surface area (Å²) in [6.07, 6.45) is 0. The van der Waals surface area contributed by atoms with Crippen LogP contribution in [0.15, 0.2) is 0 Å². The molecule has 0 aliphatic heterocycles. The van der Waals surface area contributed by atoms with E-state index in [1.807, 2.05) is 0 Å². The van der Waals surface area contributed by atoms with Gasteiger partial charge in [-0.2, -0.15) is 0 Å². The maximum absolute atomic E-state index is 0. The molecule has 6 N–H and O–H groups in total. The normalized spacial score (nSPS) is 0. The first-order valence-electron chi connectivity index (χ1n) is 0. The number of hydrogen-bond donors (Lipinski definition) is 0. The zero-order chi connectivity index (χ0) is 0. The van der Waals surface area contributed by atoms with E-state index in [4.69, 9.17) is 0 Å². The van der Waals surface area contributed by atoms with Crippen molar-refractivity contribution in [3.63, 3.8) is 0 Å². The second-order valence-electron chi connectivity index (χ2n) is 0. The molecule has 0 atom stereocenters. The Bertz CT molecular complexity index is 4.85. The summed E-state index contributed by atoms with van der Waals surface area (Å²) in [6, 6.07) is 0. The molecule has 0 amide bonds. The van der Waals surface area contributed by atoms with E-state index in [0.717, 1.165) is 0 Å². The van der Waals surface area contributed by atoms with Crippen LogP contribution in [-0.4, -0.2) is 16.4 Å². The average Bonchev–Trinajstić information content (AvgIpc) is 0. The van der Waals surface area contributed by atoms with Crippen molar-refractivity contribution < 1.29 is 58.6 Å². The molecule has 5 heavy (non-hydrogen) atoms. The smallest absolute Gasteiger partial charge is 0 e. The van der Waals surface area contributed by atoms with Crippen LogP contribution in [0.1, 0.15) is 0 Å². The quantitative estimate of drug-likeness (QED) is 0.414. The van der Waals surface area contributed by atoms with E-state index in [9.17, 15) is 0 Å². The zero-order valence-corrected chi connectivity index (χ0v) is 8.18. The maximum atomic E-state index is 0. The summed E-state index contributed by atoms with van der Waals surface area (Å²) in [5.74, 6) is 0. The molecular formula is H6O3W2. The first-order chi connectivity index (χ1) is 0. The van der Waals surface area contributed by atoms with Gasteiger partial charge in [-0.25, -0.2) is 0 Å². The molecule has 0 aromatic rings. The van der Waals surface area contributed by atoms with Gasteiger partial charge in [0.25, 0.3) is 0 Å². The fourth-order valence-corrected chi connectivity index (χ4v) is 0. The van der Waals surface area contributed by atoms with E-state index >= 15 is 0 Å². The van der Waals surface area contributed by atoms with Crippen LogP contribution < -0.4 is 0 Å². The molecule has 0 saturated carbocycles. The molecule has 0 aliphatic rings. The Labute approximate surface area is 58.6 Å². The number of rotatable bonds is 0. The van der Waals surface area contributed by atoms with Crippen LogP contribution in [-0.2, 0) is 42.1 Å². The summed E-state index contributed by atoms with van der Waals surface area (Å²) in [5, 5.41) is 0. The molecule has 5 heteroatoms.